The highest BCUT2D eigenvalue weighted by molar-refractivity contribution is 5.80. The number of rotatable bonds is 6. The van der Waals surface area contributed by atoms with Gasteiger partial charge >= 0.3 is 0 Å². The van der Waals surface area contributed by atoms with Gasteiger partial charge in [-0.25, -0.2) is 0 Å². The topological polar surface area (TPSA) is 12.0 Å². The molecule has 1 heteroatoms. The van der Waals surface area contributed by atoms with E-state index < -0.39 is 0 Å². The standard InChI is InChI=1S/C27H31N/c1-21(18-22-8-6-5-7-9-22)25-14-10-23(11-15-25)19-28-20-24-12-16-26(17-13-24)27(2,3)4/h5-18,28H,19-20H2,1-4H3/b21-18-. The van der Waals surface area contributed by atoms with Crippen molar-refractivity contribution in [1.29, 1.82) is 0 Å². The van der Waals surface area contributed by atoms with E-state index in [0.29, 0.717) is 0 Å². The fourth-order valence-corrected chi connectivity index (χ4v) is 3.24. The molecule has 0 heterocycles. The molecule has 0 aliphatic heterocycles. The normalized spacial score (nSPS) is 12.2. The second-order valence-corrected chi connectivity index (χ2v) is 8.49. The molecule has 0 atom stereocenters. The van der Waals surface area contributed by atoms with Crippen LogP contribution < -0.4 is 5.32 Å². The molecule has 0 aromatic heterocycles. The fraction of sp³-hybridized carbons (Fsp3) is 0.259. The molecule has 3 aromatic rings. The van der Waals surface area contributed by atoms with Crippen molar-refractivity contribution in [2.45, 2.75) is 46.2 Å². The predicted octanol–water partition coefficient (Wildman–Crippen LogP) is 6.83. The van der Waals surface area contributed by atoms with E-state index in [2.05, 4.69) is 112 Å². The SMILES string of the molecule is C/C(=C/c1ccccc1)c1ccc(CNCc2ccc(C(C)(C)C)cc2)cc1. The third-order valence-electron chi connectivity index (χ3n) is 5.07. The molecule has 0 saturated heterocycles. The highest BCUT2D eigenvalue weighted by Crippen LogP contribution is 2.22. The molecule has 0 unspecified atom stereocenters. The van der Waals surface area contributed by atoms with Crippen LogP contribution in [0.3, 0.4) is 0 Å². The molecule has 3 aromatic carbocycles. The Morgan fingerprint density at radius 3 is 1.82 bits per heavy atom. The highest BCUT2D eigenvalue weighted by atomic mass is 14.8. The number of allylic oxidation sites excluding steroid dienone is 1. The molecule has 1 nitrogen and oxygen atoms in total. The van der Waals surface area contributed by atoms with Crippen molar-refractivity contribution in [3.05, 3.63) is 107 Å². The molecule has 0 aliphatic rings. The van der Waals surface area contributed by atoms with Crippen molar-refractivity contribution < 1.29 is 0 Å². The summed E-state index contributed by atoms with van der Waals surface area (Å²) >= 11 is 0. The van der Waals surface area contributed by atoms with Gasteiger partial charge in [0.2, 0.25) is 0 Å². The molecule has 3 rings (SSSR count). The van der Waals surface area contributed by atoms with Gasteiger partial charge < -0.3 is 5.32 Å². The summed E-state index contributed by atoms with van der Waals surface area (Å²) in [5.41, 5.74) is 8.01. The van der Waals surface area contributed by atoms with Gasteiger partial charge in [0.05, 0.1) is 0 Å². The van der Waals surface area contributed by atoms with Gasteiger partial charge in [-0.05, 0) is 45.7 Å². The third-order valence-corrected chi connectivity index (χ3v) is 5.07. The van der Waals surface area contributed by atoms with Crippen molar-refractivity contribution in [3.8, 4) is 0 Å². The zero-order chi connectivity index (χ0) is 20.0. The smallest absolute Gasteiger partial charge is 0.0208 e. The minimum atomic E-state index is 0.209. The molecule has 0 aliphatic carbocycles. The minimum Gasteiger partial charge on any atom is -0.309 e. The Bertz CT molecular complexity index is 895. The average molecular weight is 370 g/mol. The van der Waals surface area contributed by atoms with Gasteiger partial charge in [0, 0.05) is 13.1 Å². The first-order valence-corrected chi connectivity index (χ1v) is 10.0. The summed E-state index contributed by atoms with van der Waals surface area (Å²) in [6.07, 6.45) is 2.23. The predicted molar refractivity (Wildman–Crippen MR) is 122 cm³/mol. The van der Waals surface area contributed by atoms with Gasteiger partial charge in [0.1, 0.15) is 0 Å². The number of nitrogens with one attached hydrogen (secondary N) is 1. The van der Waals surface area contributed by atoms with Gasteiger partial charge in [-0.1, -0.05) is 106 Å². The van der Waals surface area contributed by atoms with Crippen LogP contribution in [0.5, 0.6) is 0 Å². The molecule has 0 fully saturated rings. The second kappa shape index (κ2) is 9.03. The van der Waals surface area contributed by atoms with Gasteiger partial charge in [-0.3, -0.25) is 0 Å². The molecular formula is C27H31N. The Labute approximate surface area is 170 Å². The van der Waals surface area contributed by atoms with E-state index in [9.17, 15) is 0 Å². The second-order valence-electron chi connectivity index (χ2n) is 8.49. The third kappa shape index (κ3) is 5.68. The van der Waals surface area contributed by atoms with Crippen molar-refractivity contribution in [2.24, 2.45) is 0 Å². The maximum absolute atomic E-state index is 3.55. The van der Waals surface area contributed by atoms with Crippen LogP contribution in [0.4, 0.5) is 0 Å². The lowest BCUT2D eigenvalue weighted by atomic mass is 9.87. The van der Waals surface area contributed by atoms with Gasteiger partial charge in [-0.15, -0.1) is 0 Å². The lowest BCUT2D eigenvalue weighted by Crippen LogP contribution is -2.14. The van der Waals surface area contributed by atoms with Crippen LogP contribution in [0.2, 0.25) is 0 Å². The molecule has 0 bridgehead atoms. The van der Waals surface area contributed by atoms with Gasteiger partial charge in [0.15, 0.2) is 0 Å². The molecule has 1 N–H and O–H groups in total. The Morgan fingerprint density at radius 2 is 1.29 bits per heavy atom. The van der Waals surface area contributed by atoms with Crippen LogP contribution in [0.25, 0.3) is 11.6 Å². The van der Waals surface area contributed by atoms with Crippen molar-refractivity contribution in [1.82, 2.24) is 5.32 Å². The fourth-order valence-electron chi connectivity index (χ4n) is 3.24. The van der Waals surface area contributed by atoms with Crippen molar-refractivity contribution in [3.63, 3.8) is 0 Å². The van der Waals surface area contributed by atoms with Crippen LogP contribution in [0, 0.1) is 0 Å². The number of hydrogen-bond donors (Lipinski definition) is 1. The summed E-state index contributed by atoms with van der Waals surface area (Å²) in [5, 5.41) is 3.55. The van der Waals surface area contributed by atoms with Crippen LogP contribution >= 0.6 is 0 Å². The largest absolute Gasteiger partial charge is 0.309 e. The van der Waals surface area contributed by atoms with Crippen LogP contribution in [-0.4, -0.2) is 0 Å². The van der Waals surface area contributed by atoms with Crippen molar-refractivity contribution >= 4 is 11.6 Å². The number of hydrogen-bond acceptors (Lipinski definition) is 1. The van der Waals surface area contributed by atoms with Crippen LogP contribution in [-0.2, 0) is 18.5 Å². The maximum Gasteiger partial charge on any atom is 0.0208 e. The number of benzene rings is 3. The maximum atomic E-state index is 3.55. The average Bonchev–Trinajstić information content (AvgIpc) is 2.69. The summed E-state index contributed by atoms with van der Waals surface area (Å²) < 4.78 is 0. The van der Waals surface area contributed by atoms with E-state index in [1.54, 1.807) is 0 Å². The first-order chi connectivity index (χ1) is 13.4. The minimum absolute atomic E-state index is 0.209. The summed E-state index contributed by atoms with van der Waals surface area (Å²) in [4.78, 5) is 0. The molecule has 144 valence electrons. The van der Waals surface area contributed by atoms with E-state index in [-0.39, 0.29) is 5.41 Å². The quantitative estimate of drug-likeness (QED) is 0.469. The first-order valence-electron chi connectivity index (χ1n) is 10.0. The van der Waals surface area contributed by atoms with E-state index in [4.69, 9.17) is 0 Å². The van der Waals surface area contributed by atoms with Gasteiger partial charge in [-0.2, -0.15) is 0 Å². The van der Waals surface area contributed by atoms with E-state index in [1.807, 2.05) is 6.07 Å². The summed E-state index contributed by atoms with van der Waals surface area (Å²) in [5.74, 6) is 0. The molecule has 0 radical (unpaired) electrons. The van der Waals surface area contributed by atoms with Crippen LogP contribution in [0.1, 0.15) is 55.5 Å². The summed E-state index contributed by atoms with van der Waals surface area (Å²) in [7, 11) is 0. The zero-order valence-corrected chi connectivity index (χ0v) is 17.5. The summed E-state index contributed by atoms with van der Waals surface area (Å²) in [6, 6.07) is 28.3. The monoisotopic (exact) mass is 369 g/mol. The Kier molecular flexibility index (Phi) is 6.49. The zero-order valence-electron chi connectivity index (χ0n) is 17.5. The molecule has 0 spiro atoms. The van der Waals surface area contributed by atoms with E-state index in [1.165, 1.54) is 33.4 Å². The lowest BCUT2D eigenvalue weighted by molar-refractivity contribution is 0.589. The molecular weight excluding hydrogens is 338 g/mol. The molecule has 28 heavy (non-hydrogen) atoms. The summed E-state index contributed by atoms with van der Waals surface area (Å²) in [6.45, 7) is 10.7. The Hall–Kier alpha value is -2.64. The van der Waals surface area contributed by atoms with E-state index in [0.717, 1.165) is 13.1 Å². The first kappa shape index (κ1) is 20.1. The lowest BCUT2D eigenvalue weighted by Gasteiger charge is -2.19. The van der Waals surface area contributed by atoms with Crippen LogP contribution in [0.15, 0.2) is 78.9 Å². The molecule has 0 amide bonds. The molecule has 0 saturated carbocycles. The highest BCUT2D eigenvalue weighted by Gasteiger charge is 2.12. The van der Waals surface area contributed by atoms with E-state index >= 15 is 0 Å². The van der Waals surface area contributed by atoms with Gasteiger partial charge in [0.25, 0.3) is 0 Å². The Morgan fingerprint density at radius 1 is 0.750 bits per heavy atom. The van der Waals surface area contributed by atoms with Crippen molar-refractivity contribution in [2.75, 3.05) is 0 Å². The Balaban J connectivity index is 1.54.